The van der Waals surface area contributed by atoms with Crippen molar-refractivity contribution in [3.8, 4) is 0 Å². The molecule has 2 heterocycles. The molecular weight excluding hydrogens is 456 g/mol. The molecule has 0 saturated carbocycles. The fourth-order valence-corrected chi connectivity index (χ4v) is 2.48. The summed E-state index contributed by atoms with van der Waals surface area (Å²) < 4.78 is 39.3. The van der Waals surface area contributed by atoms with Crippen LogP contribution in [-0.2, 0) is 26.3 Å². The molecule has 24 heavy (non-hydrogen) atoms. The van der Waals surface area contributed by atoms with Crippen molar-refractivity contribution in [1.29, 1.82) is 0 Å². The zero-order chi connectivity index (χ0) is 16.9. The summed E-state index contributed by atoms with van der Waals surface area (Å²) in [6.45, 7) is 3.14. The Hall–Kier alpha value is -1.37. The first-order chi connectivity index (χ1) is 10.9. The number of aliphatic imine (C=N–C) groups is 1. The van der Waals surface area contributed by atoms with Gasteiger partial charge >= 0.3 is 6.18 Å². The van der Waals surface area contributed by atoms with Gasteiger partial charge < -0.3 is 10.6 Å². The number of nitrogens with zero attached hydrogens (tertiary/aromatic N) is 4. The minimum Gasteiger partial charge on any atom is -0.357 e. The number of halogens is 4. The van der Waals surface area contributed by atoms with E-state index in [-0.39, 0.29) is 30.5 Å². The summed E-state index contributed by atoms with van der Waals surface area (Å²) in [4.78, 5) is 7.95. The summed E-state index contributed by atoms with van der Waals surface area (Å²) in [6, 6.07) is 1.85. The number of guanidine groups is 1. The van der Waals surface area contributed by atoms with Crippen LogP contribution in [0, 0.1) is 0 Å². The number of hydrogen-bond donors (Lipinski definition) is 2. The minimum atomic E-state index is -4.41. The maximum atomic E-state index is 12.5. The Bertz CT molecular complexity index is 667. The Balaban J connectivity index is 0.00000288. The molecule has 0 fully saturated rings. The number of thiazole rings is 1. The van der Waals surface area contributed by atoms with Gasteiger partial charge in [-0.3, -0.25) is 4.68 Å². The van der Waals surface area contributed by atoms with E-state index in [9.17, 15) is 13.2 Å². The van der Waals surface area contributed by atoms with Crippen LogP contribution in [0.15, 0.2) is 22.6 Å². The zero-order valence-corrected chi connectivity index (χ0v) is 16.2. The van der Waals surface area contributed by atoms with Crippen molar-refractivity contribution in [2.75, 3.05) is 6.54 Å². The number of aryl methyl sites for hydroxylation is 1. The molecular formula is C13H18F3IN6S. The summed E-state index contributed by atoms with van der Waals surface area (Å²) >= 11 is 0.964. The van der Waals surface area contributed by atoms with Gasteiger partial charge in [0.15, 0.2) is 11.7 Å². The van der Waals surface area contributed by atoms with Crippen LogP contribution < -0.4 is 10.6 Å². The third-order valence-electron chi connectivity index (χ3n) is 2.92. The van der Waals surface area contributed by atoms with Crippen molar-refractivity contribution < 1.29 is 13.2 Å². The predicted molar refractivity (Wildman–Crippen MR) is 97.4 cm³/mol. The van der Waals surface area contributed by atoms with Crippen LogP contribution in [-0.4, -0.2) is 27.3 Å². The molecule has 0 atom stereocenters. The van der Waals surface area contributed by atoms with Crippen LogP contribution in [0.4, 0.5) is 13.2 Å². The maximum Gasteiger partial charge on any atom is 0.434 e. The van der Waals surface area contributed by atoms with E-state index in [2.05, 4.69) is 25.7 Å². The molecule has 0 aliphatic carbocycles. The van der Waals surface area contributed by atoms with Gasteiger partial charge in [-0.05, 0) is 13.0 Å². The lowest BCUT2D eigenvalue weighted by Gasteiger charge is -2.10. The molecule has 2 aromatic heterocycles. The molecule has 0 bridgehead atoms. The van der Waals surface area contributed by atoms with Gasteiger partial charge in [0.2, 0.25) is 0 Å². The van der Waals surface area contributed by atoms with Crippen LogP contribution in [0.1, 0.15) is 23.3 Å². The smallest absolute Gasteiger partial charge is 0.357 e. The number of rotatable bonds is 5. The fourth-order valence-electron chi connectivity index (χ4n) is 1.74. The Morgan fingerprint density at radius 2 is 2.12 bits per heavy atom. The van der Waals surface area contributed by atoms with E-state index in [1.165, 1.54) is 0 Å². The summed E-state index contributed by atoms with van der Waals surface area (Å²) in [7, 11) is 1.82. The summed E-state index contributed by atoms with van der Waals surface area (Å²) in [5.74, 6) is 0.512. The molecule has 134 valence electrons. The number of alkyl halides is 3. The van der Waals surface area contributed by atoms with Crippen LogP contribution in [0.25, 0.3) is 0 Å². The Morgan fingerprint density at radius 1 is 1.38 bits per heavy atom. The summed E-state index contributed by atoms with van der Waals surface area (Å²) in [5.41, 5.74) is 0.0620. The number of aromatic nitrogens is 3. The lowest BCUT2D eigenvalue weighted by Crippen LogP contribution is -2.36. The first-order valence-electron chi connectivity index (χ1n) is 6.90. The molecule has 2 N–H and O–H groups in total. The van der Waals surface area contributed by atoms with E-state index in [1.807, 2.05) is 20.0 Å². The van der Waals surface area contributed by atoms with E-state index in [0.717, 1.165) is 22.4 Å². The van der Waals surface area contributed by atoms with Gasteiger partial charge in [-0.15, -0.1) is 35.3 Å². The molecule has 6 nitrogen and oxygen atoms in total. The second-order valence-corrected chi connectivity index (χ2v) is 5.56. The Morgan fingerprint density at radius 3 is 2.67 bits per heavy atom. The molecule has 0 radical (unpaired) electrons. The second kappa shape index (κ2) is 9.20. The highest BCUT2D eigenvalue weighted by Gasteiger charge is 2.33. The van der Waals surface area contributed by atoms with Gasteiger partial charge in [0.25, 0.3) is 0 Å². The van der Waals surface area contributed by atoms with Gasteiger partial charge in [0, 0.05) is 25.2 Å². The molecule has 0 unspecified atom stereocenters. The van der Waals surface area contributed by atoms with E-state index < -0.39 is 11.9 Å². The monoisotopic (exact) mass is 474 g/mol. The van der Waals surface area contributed by atoms with Gasteiger partial charge in [-0.2, -0.15) is 18.3 Å². The van der Waals surface area contributed by atoms with Gasteiger partial charge in [0.05, 0.1) is 18.8 Å². The molecule has 0 saturated heterocycles. The Kier molecular flexibility index (Phi) is 7.93. The quantitative estimate of drug-likeness (QED) is 0.398. The standard InChI is InChI=1S/C13H17F3N6S.HI/c1-3-17-12(18-6-9-4-5-20-22(9)2)19-7-11-21-10(8-23-11)13(14,15)16;/h4-5,8H,3,6-7H2,1-2H3,(H2,17,18,19);1H. The third-order valence-corrected chi connectivity index (χ3v) is 3.76. The van der Waals surface area contributed by atoms with Crippen molar-refractivity contribution in [3.63, 3.8) is 0 Å². The van der Waals surface area contributed by atoms with Crippen molar-refractivity contribution in [1.82, 2.24) is 25.4 Å². The summed E-state index contributed by atoms with van der Waals surface area (Å²) in [6.07, 6.45) is -2.73. The molecule has 0 aliphatic heterocycles. The first kappa shape index (κ1) is 20.7. The summed E-state index contributed by atoms with van der Waals surface area (Å²) in [5, 5.41) is 11.4. The van der Waals surface area contributed by atoms with Gasteiger partial charge in [-0.1, -0.05) is 0 Å². The molecule has 2 aromatic rings. The highest BCUT2D eigenvalue weighted by Crippen LogP contribution is 2.29. The fraction of sp³-hybridized carbons (Fsp3) is 0.462. The molecule has 0 aromatic carbocycles. The lowest BCUT2D eigenvalue weighted by molar-refractivity contribution is -0.140. The molecule has 11 heteroatoms. The van der Waals surface area contributed by atoms with E-state index in [4.69, 9.17) is 0 Å². The van der Waals surface area contributed by atoms with Crippen LogP contribution in [0.5, 0.6) is 0 Å². The van der Waals surface area contributed by atoms with Crippen molar-refractivity contribution >= 4 is 41.3 Å². The highest BCUT2D eigenvalue weighted by atomic mass is 127. The SMILES string of the molecule is CCNC(=NCc1ccnn1C)NCc1nc(C(F)(F)F)cs1.I. The van der Waals surface area contributed by atoms with Crippen LogP contribution >= 0.6 is 35.3 Å². The predicted octanol–water partition coefficient (Wildman–Crippen LogP) is 2.77. The van der Waals surface area contributed by atoms with Crippen molar-refractivity contribution in [2.24, 2.45) is 12.0 Å². The second-order valence-electron chi connectivity index (χ2n) is 4.62. The average Bonchev–Trinajstić information content (AvgIpc) is 3.10. The number of nitrogens with one attached hydrogen (secondary N) is 2. The van der Waals surface area contributed by atoms with Crippen LogP contribution in [0.3, 0.4) is 0 Å². The van der Waals surface area contributed by atoms with Crippen molar-refractivity contribution in [3.05, 3.63) is 34.0 Å². The molecule has 0 spiro atoms. The van der Waals surface area contributed by atoms with Crippen molar-refractivity contribution in [2.45, 2.75) is 26.2 Å². The van der Waals surface area contributed by atoms with E-state index in [1.54, 1.807) is 10.9 Å². The highest BCUT2D eigenvalue weighted by molar-refractivity contribution is 14.0. The third kappa shape index (κ3) is 5.92. The minimum absolute atomic E-state index is 0. The molecule has 2 rings (SSSR count). The topological polar surface area (TPSA) is 67.1 Å². The first-order valence-corrected chi connectivity index (χ1v) is 7.78. The van der Waals surface area contributed by atoms with E-state index >= 15 is 0 Å². The molecule has 0 amide bonds. The molecule has 0 aliphatic rings. The Labute approximate surface area is 158 Å². The van der Waals surface area contributed by atoms with Gasteiger partial charge in [0.1, 0.15) is 5.01 Å². The van der Waals surface area contributed by atoms with Gasteiger partial charge in [-0.25, -0.2) is 9.98 Å². The van der Waals surface area contributed by atoms with E-state index in [0.29, 0.717) is 24.1 Å². The normalized spacial score (nSPS) is 12.0. The average molecular weight is 474 g/mol. The van der Waals surface area contributed by atoms with Crippen LogP contribution in [0.2, 0.25) is 0 Å². The zero-order valence-electron chi connectivity index (χ0n) is 13.1. The number of hydrogen-bond acceptors (Lipinski definition) is 4. The largest absolute Gasteiger partial charge is 0.434 e. The lowest BCUT2D eigenvalue weighted by atomic mass is 10.4. The maximum absolute atomic E-state index is 12.5.